The molecule has 0 aliphatic heterocycles. The van der Waals surface area contributed by atoms with Crippen LogP contribution in [0.2, 0.25) is 0 Å². The van der Waals surface area contributed by atoms with Crippen molar-refractivity contribution in [1.29, 1.82) is 0 Å². The first-order valence-electron chi connectivity index (χ1n) is 4.91. The Morgan fingerprint density at radius 2 is 2.21 bits per heavy atom. The first-order chi connectivity index (χ1) is 6.75. The molecule has 0 bridgehead atoms. The minimum atomic E-state index is -0.361. The topological polar surface area (TPSA) is 35.2 Å². The van der Waals surface area contributed by atoms with E-state index in [-0.39, 0.29) is 11.5 Å². The molecule has 0 spiro atoms. The number of anilines is 1. The maximum absolute atomic E-state index is 13.0. The Bertz CT molecular complexity index is 323. The van der Waals surface area contributed by atoms with Gasteiger partial charge in [0.25, 0.3) is 0 Å². The summed E-state index contributed by atoms with van der Waals surface area (Å²) in [7, 11) is 0. The summed E-state index contributed by atoms with van der Waals surface area (Å²) >= 11 is 0. The molecule has 0 heterocycles. The highest BCUT2D eigenvalue weighted by Gasteiger charge is 2.17. The second kappa shape index (κ2) is 3.96. The van der Waals surface area contributed by atoms with Gasteiger partial charge in [-0.05, 0) is 37.0 Å². The van der Waals surface area contributed by atoms with E-state index in [4.69, 9.17) is 10.5 Å². The van der Waals surface area contributed by atoms with E-state index in [9.17, 15) is 4.39 Å². The average Bonchev–Trinajstić information content (AvgIpc) is 2.08. The largest absolute Gasteiger partial charge is 0.396 e. The van der Waals surface area contributed by atoms with Gasteiger partial charge in [-0.1, -0.05) is 6.07 Å². The van der Waals surface area contributed by atoms with Crippen molar-refractivity contribution in [2.24, 2.45) is 0 Å². The van der Waals surface area contributed by atoms with E-state index < -0.39 is 0 Å². The number of rotatable bonds is 3. The number of hydrogen-bond donors (Lipinski definition) is 1. The molecule has 2 nitrogen and oxygen atoms in total. The van der Waals surface area contributed by atoms with E-state index in [1.165, 1.54) is 12.5 Å². The lowest BCUT2D eigenvalue weighted by molar-refractivity contribution is -0.00874. The van der Waals surface area contributed by atoms with Crippen molar-refractivity contribution in [2.75, 3.05) is 5.73 Å². The molecule has 0 amide bonds. The Morgan fingerprint density at radius 1 is 1.43 bits per heavy atom. The molecule has 14 heavy (non-hydrogen) atoms. The van der Waals surface area contributed by atoms with Crippen LogP contribution in [0, 0.1) is 5.82 Å². The van der Waals surface area contributed by atoms with Crippen LogP contribution in [0.4, 0.5) is 10.1 Å². The molecule has 2 N–H and O–H groups in total. The van der Waals surface area contributed by atoms with Gasteiger partial charge < -0.3 is 10.5 Å². The molecule has 0 aromatic heterocycles. The predicted octanol–water partition coefficient (Wildman–Crippen LogP) is 2.48. The quantitative estimate of drug-likeness (QED) is 0.752. The van der Waals surface area contributed by atoms with Gasteiger partial charge in [0.1, 0.15) is 5.82 Å². The molecule has 1 aromatic carbocycles. The Balaban J connectivity index is 1.91. The summed E-state index contributed by atoms with van der Waals surface area (Å²) in [5.41, 5.74) is 6.41. The Kier molecular flexibility index (Phi) is 2.68. The normalized spacial score (nSPS) is 16.6. The molecular formula is C11H14FNO. The van der Waals surface area contributed by atoms with Gasteiger partial charge in [0.15, 0.2) is 0 Å². The van der Waals surface area contributed by atoms with E-state index in [1.54, 1.807) is 12.1 Å². The maximum atomic E-state index is 13.0. The van der Waals surface area contributed by atoms with Crippen LogP contribution >= 0.6 is 0 Å². The van der Waals surface area contributed by atoms with Gasteiger partial charge in [0.2, 0.25) is 0 Å². The maximum Gasteiger partial charge on any atom is 0.146 e. The third-order valence-corrected chi connectivity index (χ3v) is 2.60. The van der Waals surface area contributed by atoms with Gasteiger partial charge in [0, 0.05) is 0 Å². The molecule has 1 saturated carbocycles. The summed E-state index contributed by atoms with van der Waals surface area (Å²) < 4.78 is 18.6. The minimum absolute atomic E-state index is 0.192. The fourth-order valence-corrected chi connectivity index (χ4v) is 1.41. The van der Waals surface area contributed by atoms with Gasteiger partial charge in [-0.3, -0.25) is 0 Å². The third-order valence-electron chi connectivity index (χ3n) is 2.60. The van der Waals surface area contributed by atoms with Crippen molar-refractivity contribution >= 4 is 5.69 Å². The zero-order valence-corrected chi connectivity index (χ0v) is 8.00. The van der Waals surface area contributed by atoms with Crippen molar-refractivity contribution in [3.05, 3.63) is 29.6 Å². The number of hydrogen-bond acceptors (Lipinski definition) is 2. The van der Waals surface area contributed by atoms with Crippen molar-refractivity contribution in [3.63, 3.8) is 0 Å². The molecule has 1 fully saturated rings. The number of nitrogens with two attached hydrogens (primary N) is 1. The number of ether oxygens (including phenoxy) is 1. The van der Waals surface area contributed by atoms with Crippen molar-refractivity contribution < 1.29 is 9.13 Å². The molecule has 0 radical (unpaired) electrons. The zero-order chi connectivity index (χ0) is 9.97. The van der Waals surface area contributed by atoms with E-state index in [1.807, 2.05) is 0 Å². The Labute approximate surface area is 82.9 Å². The van der Waals surface area contributed by atoms with Gasteiger partial charge in [-0.2, -0.15) is 0 Å². The van der Waals surface area contributed by atoms with Crippen LogP contribution < -0.4 is 5.73 Å². The van der Waals surface area contributed by atoms with Crippen molar-refractivity contribution in [1.82, 2.24) is 0 Å². The smallest absolute Gasteiger partial charge is 0.146 e. The van der Waals surface area contributed by atoms with Gasteiger partial charge >= 0.3 is 0 Å². The van der Waals surface area contributed by atoms with Crippen LogP contribution in [-0.2, 0) is 11.3 Å². The molecule has 0 saturated heterocycles. The number of nitrogen functional groups attached to an aromatic ring is 1. The number of halogens is 1. The molecule has 0 unspecified atom stereocenters. The summed E-state index contributed by atoms with van der Waals surface area (Å²) in [5.74, 6) is -0.361. The lowest BCUT2D eigenvalue weighted by atomic mass is 9.96. The first-order valence-corrected chi connectivity index (χ1v) is 4.91. The fourth-order valence-electron chi connectivity index (χ4n) is 1.41. The van der Waals surface area contributed by atoms with E-state index in [2.05, 4.69) is 0 Å². The molecule has 1 aromatic rings. The highest BCUT2D eigenvalue weighted by molar-refractivity contribution is 5.41. The highest BCUT2D eigenvalue weighted by atomic mass is 19.1. The molecule has 2 rings (SSSR count). The van der Waals surface area contributed by atoms with E-state index in [0.717, 1.165) is 18.4 Å². The predicted molar refractivity (Wildman–Crippen MR) is 53.2 cm³/mol. The average molecular weight is 195 g/mol. The summed E-state index contributed by atoms with van der Waals surface area (Å²) in [5, 5.41) is 0. The standard InChI is InChI=1S/C11H14FNO/c12-10-6-8(4-5-11(10)13)7-14-9-2-1-3-9/h4-6,9H,1-3,7,13H2. The van der Waals surface area contributed by atoms with Crippen molar-refractivity contribution in [3.8, 4) is 0 Å². The summed E-state index contributed by atoms with van der Waals surface area (Å²) in [6.45, 7) is 0.488. The van der Waals surface area contributed by atoms with Gasteiger partial charge in [-0.25, -0.2) is 4.39 Å². The summed E-state index contributed by atoms with van der Waals surface area (Å²) in [6, 6.07) is 4.82. The monoisotopic (exact) mass is 195 g/mol. The first kappa shape index (κ1) is 9.46. The second-order valence-corrected chi connectivity index (χ2v) is 3.72. The van der Waals surface area contributed by atoms with Gasteiger partial charge in [-0.15, -0.1) is 0 Å². The Morgan fingerprint density at radius 3 is 2.79 bits per heavy atom. The van der Waals surface area contributed by atoms with Crippen LogP contribution in [0.3, 0.4) is 0 Å². The zero-order valence-electron chi connectivity index (χ0n) is 8.00. The van der Waals surface area contributed by atoms with Crippen LogP contribution in [0.25, 0.3) is 0 Å². The molecule has 3 heteroatoms. The molecule has 1 aliphatic carbocycles. The van der Waals surface area contributed by atoms with Crippen LogP contribution in [0.5, 0.6) is 0 Å². The molecule has 1 aliphatic rings. The van der Waals surface area contributed by atoms with Crippen molar-refractivity contribution in [2.45, 2.75) is 32.0 Å². The number of benzene rings is 1. The van der Waals surface area contributed by atoms with Crippen LogP contribution in [0.1, 0.15) is 24.8 Å². The Hall–Kier alpha value is -1.09. The van der Waals surface area contributed by atoms with Gasteiger partial charge in [0.05, 0.1) is 18.4 Å². The lowest BCUT2D eigenvalue weighted by Gasteiger charge is -2.25. The van der Waals surface area contributed by atoms with Crippen LogP contribution in [0.15, 0.2) is 18.2 Å². The summed E-state index contributed by atoms with van der Waals surface area (Å²) in [6.07, 6.45) is 3.91. The molecular weight excluding hydrogens is 181 g/mol. The summed E-state index contributed by atoms with van der Waals surface area (Å²) in [4.78, 5) is 0. The van der Waals surface area contributed by atoms with E-state index in [0.29, 0.717) is 12.7 Å². The second-order valence-electron chi connectivity index (χ2n) is 3.72. The van der Waals surface area contributed by atoms with Crippen LogP contribution in [-0.4, -0.2) is 6.10 Å². The molecule has 76 valence electrons. The molecule has 0 atom stereocenters. The highest BCUT2D eigenvalue weighted by Crippen LogP contribution is 2.23. The lowest BCUT2D eigenvalue weighted by Crippen LogP contribution is -2.21. The fraction of sp³-hybridized carbons (Fsp3) is 0.455. The minimum Gasteiger partial charge on any atom is -0.396 e. The van der Waals surface area contributed by atoms with E-state index >= 15 is 0 Å². The third kappa shape index (κ3) is 2.04. The SMILES string of the molecule is Nc1ccc(COC2CCC2)cc1F.